The fourth-order valence-corrected chi connectivity index (χ4v) is 4.48. The van der Waals surface area contributed by atoms with Crippen molar-refractivity contribution in [1.29, 1.82) is 0 Å². The molecule has 3 rings (SSSR count). The molecular formula is C15H23N3O2S. The number of piperazine rings is 1. The van der Waals surface area contributed by atoms with Gasteiger partial charge in [-0.2, -0.15) is 4.31 Å². The smallest absolute Gasteiger partial charge is 0.243 e. The summed E-state index contributed by atoms with van der Waals surface area (Å²) < 4.78 is 27.1. The molecule has 0 spiro atoms. The standard InChI is InChI=1S/C15H23N3O2S/c1-2-17-8-10-18(11-9-17)21(19,20)14-6-5-13-4-3-7-16-15(13)12-14/h5-6,12,16H,2-4,7-11H2,1H3. The molecule has 1 aromatic rings. The van der Waals surface area contributed by atoms with Crippen molar-refractivity contribution in [3.05, 3.63) is 23.8 Å². The molecule has 1 fully saturated rings. The van der Waals surface area contributed by atoms with Crippen molar-refractivity contribution in [3.8, 4) is 0 Å². The van der Waals surface area contributed by atoms with Gasteiger partial charge in [-0.25, -0.2) is 8.42 Å². The fraction of sp³-hybridized carbons (Fsp3) is 0.600. The van der Waals surface area contributed by atoms with Crippen molar-refractivity contribution in [1.82, 2.24) is 9.21 Å². The Labute approximate surface area is 127 Å². The van der Waals surface area contributed by atoms with Crippen molar-refractivity contribution >= 4 is 15.7 Å². The third-order valence-electron chi connectivity index (χ3n) is 4.44. The number of hydrogen-bond acceptors (Lipinski definition) is 4. The molecule has 2 heterocycles. The number of benzene rings is 1. The van der Waals surface area contributed by atoms with Crippen molar-refractivity contribution in [3.63, 3.8) is 0 Å². The number of nitrogens with zero attached hydrogens (tertiary/aromatic N) is 2. The van der Waals surface area contributed by atoms with Crippen LogP contribution in [0.15, 0.2) is 23.1 Å². The lowest BCUT2D eigenvalue weighted by Gasteiger charge is -2.33. The molecule has 5 nitrogen and oxygen atoms in total. The second-order valence-corrected chi connectivity index (χ2v) is 7.63. The van der Waals surface area contributed by atoms with E-state index in [4.69, 9.17) is 0 Å². The average Bonchev–Trinajstić information content (AvgIpc) is 2.54. The molecule has 0 atom stereocenters. The SMILES string of the molecule is CCN1CCN(S(=O)(=O)c2ccc3c(c2)NCCC3)CC1. The minimum absolute atomic E-state index is 0.417. The van der Waals surface area contributed by atoms with Crippen LogP contribution in [-0.4, -0.2) is 56.9 Å². The van der Waals surface area contributed by atoms with Crippen LogP contribution in [0.3, 0.4) is 0 Å². The molecule has 2 aliphatic rings. The van der Waals surface area contributed by atoms with Crippen LogP contribution in [0.4, 0.5) is 5.69 Å². The number of fused-ring (bicyclic) bond motifs is 1. The van der Waals surface area contributed by atoms with Crippen LogP contribution in [0.25, 0.3) is 0 Å². The van der Waals surface area contributed by atoms with Crippen molar-refractivity contribution in [2.24, 2.45) is 0 Å². The number of sulfonamides is 1. The zero-order chi connectivity index (χ0) is 14.9. The van der Waals surface area contributed by atoms with Gasteiger partial charge in [0.2, 0.25) is 10.0 Å². The molecule has 0 radical (unpaired) electrons. The first-order valence-electron chi connectivity index (χ1n) is 7.70. The lowest BCUT2D eigenvalue weighted by atomic mass is 10.0. The predicted octanol–water partition coefficient (Wildman–Crippen LogP) is 1.37. The molecule has 0 aliphatic carbocycles. The molecule has 21 heavy (non-hydrogen) atoms. The maximum absolute atomic E-state index is 12.7. The lowest BCUT2D eigenvalue weighted by Crippen LogP contribution is -2.48. The third kappa shape index (κ3) is 2.93. The molecule has 0 unspecified atom stereocenters. The number of rotatable bonds is 3. The van der Waals surface area contributed by atoms with Gasteiger partial charge in [0.15, 0.2) is 0 Å². The van der Waals surface area contributed by atoms with Gasteiger partial charge >= 0.3 is 0 Å². The van der Waals surface area contributed by atoms with Crippen molar-refractivity contribution in [2.45, 2.75) is 24.7 Å². The van der Waals surface area contributed by atoms with E-state index in [0.29, 0.717) is 18.0 Å². The summed E-state index contributed by atoms with van der Waals surface area (Å²) in [6.45, 7) is 6.82. The Hall–Kier alpha value is -1.11. The van der Waals surface area contributed by atoms with Gasteiger partial charge in [-0.15, -0.1) is 0 Å². The number of hydrogen-bond donors (Lipinski definition) is 1. The normalized spacial score (nSPS) is 20.8. The van der Waals surface area contributed by atoms with E-state index >= 15 is 0 Å². The summed E-state index contributed by atoms with van der Waals surface area (Å²) in [5.74, 6) is 0. The Balaban J connectivity index is 1.82. The van der Waals surface area contributed by atoms with Gasteiger partial charge in [-0.3, -0.25) is 0 Å². The largest absolute Gasteiger partial charge is 0.385 e. The first-order chi connectivity index (χ1) is 10.1. The summed E-state index contributed by atoms with van der Waals surface area (Å²) in [6.07, 6.45) is 2.13. The first kappa shape index (κ1) is 14.8. The lowest BCUT2D eigenvalue weighted by molar-refractivity contribution is 0.196. The Morgan fingerprint density at radius 2 is 1.95 bits per heavy atom. The van der Waals surface area contributed by atoms with Crippen molar-refractivity contribution in [2.75, 3.05) is 44.6 Å². The number of nitrogens with one attached hydrogen (secondary N) is 1. The van der Waals surface area contributed by atoms with Crippen LogP contribution in [0.5, 0.6) is 0 Å². The van der Waals surface area contributed by atoms with Gasteiger partial charge in [-0.1, -0.05) is 13.0 Å². The van der Waals surface area contributed by atoms with Gasteiger partial charge in [0.1, 0.15) is 0 Å². The van der Waals surface area contributed by atoms with E-state index < -0.39 is 10.0 Å². The molecule has 0 amide bonds. The quantitative estimate of drug-likeness (QED) is 0.916. The van der Waals surface area contributed by atoms with Gasteiger partial charge in [0.25, 0.3) is 0 Å². The summed E-state index contributed by atoms with van der Waals surface area (Å²) in [7, 11) is -3.36. The minimum Gasteiger partial charge on any atom is -0.385 e. The fourth-order valence-electron chi connectivity index (χ4n) is 3.04. The number of likely N-dealkylation sites (N-methyl/N-ethyl adjacent to an activating group) is 1. The highest BCUT2D eigenvalue weighted by Crippen LogP contribution is 2.27. The van der Waals surface area contributed by atoms with E-state index in [2.05, 4.69) is 17.1 Å². The topological polar surface area (TPSA) is 52.7 Å². The molecule has 1 N–H and O–H groups in total. The zero-order valence-corrected chi connectivity index (χ0v) is 13.3. The second kappa shape index (κ2) is 5.94. The van der Waals surface area contributed by atoms with Gasteiger partial charge in [-0.05, 0) is 37.1 Å². The number of aryl methyl sites for hydroxylation is 1. The molecule has 0 aromatic heterocycles. The van der Waals surface area contributed by atoms with Crippen LogP contribution in [0, 0.1) is 0 Å². The van der Waals surface area contributed by atoms with Crippen molar-refractivity contribution < 1.29 is 8.42 Å². The van der Waals surface area contributed by atoms with Crippen LogP contribution < -0.4 is 5.32 Å². The highest BCUT2D eigenvalue weighted by molar-refractivity contribution is 7.89. The Morgan fingerprint density at radius 3 is 2.67 bits per heavy atom. The molecule has 6 heteroatoms. The molecule has 0 bridgehead atoms. The average molecular weight is 309 g/mol. The van der Waals surface area contributed by atoms with Crippen LogP contribution in [0.1, 0.15) is 18.9 Å². The molecule has 1 aromatic carbocycles. The Morgan fingerprint density at radius 1 is 1.19 bits per heavy atom. The summed E-state index contributed by atoms with van der Waals surface area (Å²) in [6, 6.07) is 5.51. The van der Waals surface area contributed by atoms with Gasteiger partial charge in [0.05, 0.1) is 4.90 Å². The minimum atomic E-state index is -3.36. The highest BCUT2D eigenvalue weighted by Gasteiger charge is 2.28. The highest BCUT2D eigenvalue weighted by atomic mass is 32.2. The van der Waals surface area contributed by atoms with Crippen LogP contribution in [-0.2, 0) is 16.4 Å². The van der Waals surface area contributed by atoms with E-state index in [0.717, 1.165) is 44.7 Å². The summed E-state index contributed by atoms with van der Waals surface area (Å²) in [4.78, 5) is 2.70. The van der Waals surface area contributed by atoms with Crippen LogP contribution in [0.2, 0.25) is 0 Å². The van der Waals surface area contributed by atoms with E-state index in [1.165, 1.54) is 5.56 Å². The van der Waals surface area contributed by atoms with Crippen LogP contribution >= 0.6 is 0 Å². The Kier molecular flexibility index (Phi) is 4.19. The predicted molar refractivity (Wildman–Crippen MR) is 84.1 cm³/mol. The summed E-state index contributed by atoms with van der Waals surface area (Å²) >= 11 is 0. The van der Waals surface area contributed by atoms with E-state index in [1.807, 2.05) is 6.07 Å². The molecule has 0 saturated carbocycles. The van der Waals surface area contributed by atoms with Gasteiger partial charge in [0, 0.05) is 38.4 Å². The summed E-state index contributed by atoms with van der Waals surface area (Å²) in [5, 5.41) is 3.30. The third-order valence-corrected chi connectivity index (χ3v) is 6.33. The maximum atomic E-state index is 12.7. The zero-order valence-electron chi connectivity index (χ0n) is 12.5. The molecule has 116 valence electrons. The van der Waals surface area contributed by atoms with E-state index in [9.17, 15) is 8.42 Å². The first-order valence-corrected chi connectivity index (χ1v) is 9.14. The summed E-state index contributed by atoms with van der Waals surface area (Å²) in [5.41, 5.74) is 2.20. The van der Waals surface area contributed by atoms with E-state index in [-0.39, 0.29) is 0 Å². The van der Waals surface area contributed by atoms with Gasteiger partial charge < -0.3 is 10.2 Å². The molecule has 1 saturated heterocycles. The number of anilines is 1. The maximum Gasteiger partial charge on any atom is 0.243 e. The monoisotopic (exact) mass is 309 g/mol. The second-order valence-electron chi connectivity index (χ2n) is 5.69. The van der Waals surface area contributed by atoms with E-state index in [1.54, 1.807) is 16.4 Å². The Bertz CT molecular complexity index is 607. The molecule has 2 aliphatic heterocycles. The molecular weight excluding hydrogens is 286 g/mol.